The van der Waals surface area contributed by atoms with Gasteiger partial charge in [-0.15, -0.1) is 3.71 Å². The molecule has 6 heteroatoms. The van der Waals surface area contributed by atoms with Crippen molar-refractivity contribution in [2.45, 2.75) is 37.0 Å². The maximum Gasteiger partial charge on any atom is 0.254 e. The third-order valence-corrected chi connectivity index (χ3v) is 7.23. The van der Waals surface area contributed by atoms with Gasteiger partial charge >= 0.3 is 0 Å². The summed E-state index contributed by atoms with van der Waals surface area (Å²) in [7, 11) is -5.30. The second-order valence-electron chi connectivity index (χ2n) is 4.68. The summed E-state index contributed by atoms with van der Waals surface area (Å²) in [4.78, 5) is 0.181. The van der Waals surface area contributed by atoms with Gasteiger partial charge in [-0.2, -0.15) is 0 Å². The molecule has 0 bridgehead atoms. The smallest absolute Gasteiger partial charge is 0.241 e. The SMILES string of the molecule is Cc1ccc(S(=O)(=O)N2[C@@H](C)C=C[C@@H](C)S2=O)cc1. The maximum atomic E-state index is 12.6. The lowest BCUT2D eigenvalue weighted by Gasteiger charge is -2.30. The Labute approximate surface area is 116 Å². The molecule has 1 aliphatic heterocycles. The molecule has 0 spiro atoms. The number of aryl methyl sites for hydroxylation is 1. The van der Waals surface area contributed by atoms with Crippen LogP contribution in [0.4, 0.5) is 0 Å². The summed E-state index contributed by atoms with van der Waals surface area (Å²) >= 11 is 0. The van der Waals surface area contributed by atoms with Crippen LogP contribution in [0.2, 0.25) is 0 Å². The standard InChI is InChI=1S/C13H17NO3S2/c1-10-4-8-13(9-5-10)19(16,17)14-11(2)6-7-12(3)18(14)15/h4-9,11-12H,1-3H3/t11-,12+,18?/m0/s1. The van der Waals surface area contributed by atoms with Gasteiger partial charge in [0.2, 0.25) is 0 Å². The lowest BCUT2D eigenvalue weighted by Crippen LogP contribution is -2.44. The molecular formula is C13H17NO3S2. The molecule has 0 aromatic heterocycles. The molecule has 0 saturated heterocycles. The highest BCUT2D eigenvalue weighted by molar-refractivity contribution is 8.01. The summed E-state index contributed by atoms with van der Waals surface area (Å²) in [6, 6.07) is 6.19. The molecule has 0 fully saturated rings. The van der Waals surface area contributed by atoms with Crippen LogP contribution in [0.15, 0.2) is 41.3 Å². The molecule has 4 nitrogen and oxygen atoms in total. The Balaban J connectivity index is 2.47. The van der Waals surface area contributed by atoms with E-state index in [9.17, 15) is 12.6 Å². The summed E-state index contributed by atoms with van der Waals surface area (Å²) in [5.74, 6) is 0. The second kappa shape index (κ2) is 5.19. The largest absolute Gasteiger partial charge is 0.254 e. The van der Waals surface area contributed by atoms with Gasteiger partial charge in [0.05, 0.1) is 16.2 Å². The molecule has 3 atom stereocenters. The quantitative estimate of drug-likeness (QED) is 0.785. The van der Waals surface area contributed by atoms with Crippen LogP contribution in [0, 0.1) is 6.92 Å². The van der Waals surface area contributed by atoms with E-state index in [1.54, 1.807) is 50.3 Å². The van der Waals surface area contributed by atoms with Gasteiger partial charge in [-0.25, -0.2) is 12.6 Å². The van der Waals surface area contributed by atoms with Crippen molar-refractivity contribution in [1.82, 2.24) is 3.71 Å². The van der Waals surface area contributed by atoms with E-state index in [4.69, 9.17) is 0 Å². The lowest BCUT2D eigenvalue weighted by molar-refractivity contribution is 0.499. The second-order valence-corrected chi connectivity index (χ2v) is 8.42. The van der Waals surface area contributed by atoms with Gasteiger partial charge in [0.25, 0.3) is 10.0 Å². The molecule has 19 heavy (non-hydrogen) atoms. The monoisotopic (exact) mass is 299 g/mol. The Hall–Kier alpha value is -0.980. The van der Waals surface area contributed by atoms with E-state index in [0.29, 0.717) is 0 Å². The average Bonchev–Trinajstić information content (AvgIpc) is 2.34. The minimum Gasteiger partial charge on any atom is -0.241 e. The number of benzene rings is 1. The molecule has 1 aliphatic rings. The van der Waals surface area contributed by atoms with Crippen LogP contribution >= 0.6 is 0 Å². The van der Waals surface area contributed by atoms with Gasteiger partial charge < -0.3 is 0 Å². The first-order valence-electron chi connectivity index (χ1n) is 6.04. The van der Waals surface area contributed by atoms with E-state index < -0.39 is 27.1 Å². The number of rotatable bonds is 2. The molecule has 2 rings (SSSR count). The number of sulfonamides is 1. The van der Waals surface area contributed by atoms with Crippen LogP contribution in [0.5, 0.6) is 0 Å². The lowest BCUT2D eigenvalue weighted by atomic mass is 10.2. The Bertz CT molecular complexity index is 620. The average molecular weight is 299 g/mol. The van der Waals surface area contributed by atoms with Crippen molar-refractivity contribution in [2.24, 2.45) is 0 Å². The first-order valence-corrected chi connectivity index (χ1v) is 8.65. The number of hydrogen-bond acceptors (Lipinski definition) is 3. The van der Waals surface area contributed by atoms with Crippen molar-refractivity contribution in [3.63, 3.8) is 0 Å². The van der Waals surface area contributed by atoms with Crippen molar-refractivity contribution in [3.8, 4) is 0 Å². The molecule has 1 unspecified atom stereocenters. The van der Waals surface area contributed by atoms with E-state index in [-0.39, 0.29) is 10.1 Å². The normalized spacial score (nSPS) is 28.5. The molecule has 104 valence electrons. The molecule has 0 radical (unpaired) electrons. The van der Waals surface area contributed by atoms with Gasteiger partial charge in [-0.1, -0.05) is 29.8 Å². The fraction of sp³-hybridized carbons (Fsp3) is 0.385. The fourth-order valence-electron chi connectivity index (χ4n) is 1.91. The highest BCUT2D eigenvalue weighted by atomic mass is 32.3. The fourth-order valence-corrected chi connectivity index (χ4v) is 5.50. The zero-order valence-electron chi connectivity index (χ0n) is 11.1. The van der Waals surface area contributed by atoms with E-state index >= 15 is 0 Å². The Kier molecular flexibility index (Phi) is 3.94. The van der Waals surface area contributed by atoms with E-state index in [1.807, 2.05) is 6.92 Å². The topological polar surface area (TPSA) is 54.5 Å². The van der Waals surface area contributed by atoms with Crippen molar-refractivity contribution < 1.29 is 12.6 Å². The molecule has 0 N–H and O–H groups in total. The molecule has 0 saturated carbocycles. The predicted molar refractivity (Wildman–Crippen MR) is 76.4 cm³/mol. The van der Waals surface area contributed by atoms with E-state index in [2.05, 4.69) is 0 Å². The molecule has 0 aliphatic carbocycles. The highest BCUT2D eigenvalue weighted by Crippen LogP contribution is 2.26. The predicted octanol–water partition coefficient (Wildman–Crippen LogP) is 2.00. The Morgan fingerprint density at radius 2 is 1.68 bits per heavy atom. The van der Waals surface area contributed by atoms with Crippen molar-refractivity contribution >= 4 is 21.0 Å². The minimum atomic E-state index is -3.73. The Morgan fingerprint density at radius 3 is 2.26 bits per heavy atom. The zero-order valence-corrected chi connectivity index (χ0v) is 12.7. The Morgan fingerprint density at radius 1 is 1.11 bits per heavy atom. The van der Waals surface area contributed by atoms with Crippen LogP contribution in [-0.4, -0.2) is 27.6 Å². The third-order valence-electron chi connectivity index (χ3n) is 3.04. The summed E-state index contributed by atoms with van der Waals surface area (Å²) in [5.41, 5.74) is 0.986. The van der Waals surface area contributed by atoms with Crippen LogP contribution in [0.25, 0.3) is 0 Å². The summed E-state index contributed by atoms with van der Waals surface area (Å²) in [5, 5.41) is -0.295. The van der Waals surface area contributed by atoms with Crippen molar-refractivity contribution in [3.05, 3.63) is 42.0 Å². The number of hydrogen-bond donors (Lipinski definition) is 0. The van der Waals surface area contributed by atoms with Crippen molar-refractivity contribution in [2.75, 3.05) is 0 Å². The molecular weight excluding hydrogens is 282 g/mol. The van der Waals surface area contributed by atoms with Crippen LogP contribution in [0.1, 0.15) is 19.4 Å². The minimum absolute atomic E-state index is 0.181. The van der Waals surface area contributed by atoms with E-state index in [0.717, 1.165) is 9.27 Å². The van der Waals surface area contributed by atoms with Gasteiger partial charge in [-0.3, -0.25) is 0 Å². The first kappa shape index (κ1) is 14.4. The summed E-state index contributed by atoms with van der Waals surface area (Å²) in [6.07, 6.45) is 3.57. The van der Waals surface area contributed by atoms with Gasteiger partial charge in [0, 0.05) is 0 Å². The maximum absolute atomic E-state index is 12.6. The molecule has 1 heterocycles. The zero-order chi connectivity index (χ0) is 14.2. The summed E-state index contributed by atoms with van der Waals surface area (Å²) < 4.78 is 38.4. The molecule has 1 aromatic rings. The van der Waals surface area contributed by atoms with E-state index in [1.165, 1.54) is 0 Å². The number of nitrogens with zero attached hydrogens (tertiary/aromatic N) is 1. The van der Waals surface area contributed by atoms with Crippen LogP contribution in [-0.2, 0) is 21.0 Å². The molecule has 1 aromatic carbocycles. The van der Waals surface area contributed by atoms with Gasteiger partial charge in [0.15, 0.2) is 0 Å². The summed E-state index contributed by atoms with van der Waals surface area (Å²) in [6.45, 7) is 5.37. The van der Waals surface area contributed by atoms with Crippen molar-refractivity contribution in [1.29, 1.82) is 0 Å². The third kappa shape index (κ3) is 2.66. The first-order chi connectivity index (χ1) is 8.84. The van der Waals surface area contributed by atoms with Crippen LogP contribution in [0.3, 0.4) is 0 Å². The van der Waals surface area contributed by atoms with Gasteiger partial charge in [-0.05, 0) is 32.9 Å². The molecule has 0 amide bonds. The highest BCUT2D eigenvalue weighted by Gasteiger charge is 2.37. The van der Waals surface area contributed by atoms with Gasteiger partial charge in [0.1, 0.15) is 11.0 Å². The van der Waals surface area contributed by atoms with Crippen LogP contribution < -0.4 is 0 Å².